The predicted molar refractivity (Wildman–Crippen MR) is 106 cm³/mol. The molecule has 2 aromatic carbocycles. The molecule has 0 saturated carbocycles. The molecule has 1 heterocycles. The van der Waals surface area contributed by atoms with Crippen LogP contribution in [0.2, 0.25) is 10.0 Å². The Labute approximate surface area is 179 Å². The predicted octanol–water partition coefficient (Wildman–Crippen LogP) is 5.20. The average molecular weight is 475 g/mol. The molecule has 0 unspecified atom stereocenters. The van der Waals surface area contributed by atoms with Gasteiger partial charge in [0.05, 0.1) is 21.6 Å². The van der Waals surface area contributed by atoms with Crippen molar-refractivity contribution in [3.05, 3.63) is 64.3 Å². The van der Waals surface area contributed by atoms with Crippen LogP contribution in [-0.4, -0.2) is 18.2 Å². The average Bonchev–Trinajstić information content (AvgIpc) is 3.00. The van der Waals surface area contributed by atoms with Crippen molar-refractivity contribution in [1.29, 1.82) is 5.26 Å². The third kappa shape index (κ3) is 4.38. The van der Waals surface area contributed by atoms with Gasteiger partial charge < -0.3 is 0 Å². The molecular formula is C18H11Cl2F3N4O2S. The molecule has 3 rings (SSSR count). The minimum Gasteiger partial charge on any atom is -0.261 e. The van der Waals surface area contributed by atoms with Crippen molar-refractivity contribution >= 4 is 39.0 Å². The molecule has 12 heteroatoms. The van der Waals surface area contributed by atoms with Crippen molar-refractivity contribution in [2.24, 2.45) is 0 Å². The SMILES string of the molecule is N#CCn1nc(NS(=O)(=O)c2ccccc2)c(-c2ccc(Cl)cc2Cl)c1C(F)(F)F. The number of hydrogen-bond acceptors (Lipinski definition) is 4. The quantitative estimate of drug-likeness (QED) is 0.550. The van der Waals surface area contributed by atoms with Crippen molar-refractivity contribution in [3.63, 3.8) is 0 Å². The van der Waals surface area contributed by atoms with Gasteiger partial charge in [0.15, 0.2) is 11.5 Å². The van der Waals surface area contributed by atoms with Crippen LogP contribution in [0.3, 0.4) is 0 Å². The highest BCUT2D eigenvalue weighted by Crippen LogP contribution is 2.44. The van der Waals surface area contributed by atoms with E-state index in [0.717, 1.165) is 0 Å². The Morgan fingerprint density at radius 1 is 1.13 bits per heavy atom. The number of nitrogens with zero attached hydrogens (tertiary/aromatic N) is 3. The zero-order valence-corrected chi connectivity index (χ0v) is 17.1. The number of nitrogens with one attached hydrogen (secondary N) is 1. The van der Waals surface area contributed by atoms with Crippen molar-refractivity contribution in [1.82, 2.24) is 9.78 Å². The number of benzene rings is 2. The van der Waals surface area contributed by atoms with Crippen LogP contribution in [0.1, 0.15) is 5.69 Å². The normalized spacial score (nSPS) is 11.9. The van der Waals surface area contributed by atoms with Gasteiger partial charge in [0.2, 0.25) is 0 Å². The monoisotopic (exact) mass is 474 g/mol. The lowest BCUT2D eigenvalue weighted by Gasteiger charge is -2.13. The molecule has 30 heavy (non-hydrogen) atoms. The van der Waals surface area contributed by atoms with E-state index >= 15 is 0 Å². The summed E-state index contributed by atoms with van der Waals surface area (Å²) < 4.78 is 69.5. The molecule has 0 aliphatic rings. The minimum atomic E-state index is -4.96. The largest absolute Gasteiger partial charge is 0.433 e. The van der Waals surface area contributed by atoms with Crippen LogP contribution >= 0.6 is 23.2 Å². The summed E-state index contributed by atoms with van der Waals surface area (Å²) in [7, 11) is -4.27. The number of aromatic nitrogens is 2. The summed E-state index contributed by atoms with van der Waals surface area (Å²) in [4.78, 5) is -0.179. The minimum absolute atomic E-state index is 0.148. The van der Waals surface area contributed by atoms with Crippen LogP contribution in [0.4, 0.5) is 19.0 Å². The Kier molecular flexibility index (Phi) is 5.99. The van der Waals surface area contributed by atoms with Crippen LogP contribution < -0.4 is 4.72 Å². The first-order valence-corrected chi connectivity index (χ1v) is 10.4. The topological polar surface area (TPSA) is 87.8 Å². The van der Waals surface area contributed by atoms with Crippen molar-refractivity contribution in [2.75, 3.05) is 4.72 Å². The molecule has 0 bridgehead atoms. The smallest absolute Gasteiger partial charge is 0.261 e. The number of sulfonamides is 1. The van der Waals surface area contributed by atoms with E-state index < -0.39 is 39.8 Å². The first kappa shape index (κ1) is 22.0. The Bertz CT molecular complexity index is 1240. The molecule has 0 atom stereocenters. The van der Waals surface area contributed by atoms with Gasteiger partial charge in [-0.1, -0.05) is 47.5 Å². The highest BCUT2D eigenvalue weighted by Gasteiger charge is 2.41. The molecule has 0 aliphatic heterocycles. The number of hydrogen-bond donors (Lipinski definition) is 1. The Hall–Kier alpha value is -2.74. The summed E-state index contributed by atoms with van der Waals surface area (Å²) in [6, 6.07) is 12.4. The molecule has 156 valence electrons. The van der Waals surface area contributed by atoms with Crippen LogP contribution in [-0.2, 0) is 22.7 Å². The molecule has 6 nitrogen and oxygen atoms in total. The van der Waals surface area contributed by atoms with Crippen LogP contribution in [0.25, 0.3) is 11.1 Å². The lowest BCUT2D eigenvalue weighted by atomic mass is 10.0. The summed E-state index contributed by atoms with van der Waals surface area (Å²) in [5.74, 6) is -0.620. The van der Waals surface area contributed by atoms with Crippen molar-refractivity contribution in [2.45, 2.75) is 17.6 Å². The summed E-state index contributed by atoms with van der Waals surface area (Å²) in [5.41, 5.74) is -2.08. The van der Waals surface area contributed by atoms with Gasteiger partial charge in [-0.15, -0.1) is 0 Å². The first-order valence-electron chi connectivity index (χ1n) is 8.13. The van der Waals surface area contributed by atoms with Crippen LogP contribution in [0.5, 0.6) is 0 Å². The van der Waals surface area contributed by atoms with E-state index in [1.807, 2.05) is 0 Å². The van der Waals surface area contributed by atoms with E-state index in [-0.39, 0.29) is 20.5 Å². The zero-order chi connectivity index (χ0) is 22.1. The molecule has 0 spiro atoms. The van der Waals surface area contributed by atoms with Gasteiger partial charge in [0.25, 0.3) is 10.0 Å². The van der Waals surface area contributed by atoms with Gasteiger partial charge >= 0.3 is 6.18 Å². The Morgan fingerprint density at radius 2 is 1.80 bits per heavy atom. The second kappa shape index (κ2) is 8.18. The first-order chi connectivity index (χ1) is 14.0. The number of halogens is 5. The number of rotatable bonds is 5. The molecule has 1 aromatic heterocycles. The Balaban J connectivity index is 2.28. The summed E-state index contributed by atoms with van der Waals surface area (Å²) in [6.07, 6.45) is -4.96. The van der Waals surface area contributed by atoms with Gasteiger partial charge in [-0.3, -0.25) is 4.72 Å². The lowest BCUT2D eigenvalue weighted by Crippen LogP contribution is -2.15. The van der Waals surface area contributed by atoms with E-state index in [2.05, 4.69) is 9.82 Å². The molecule has 0 amide bonds. The maximum absolute atomic E-state index is 13.9. The van der Waals surface area contributed by atoms with Gasteiger partial charge in [0, 0.05) is 10.6 Å². The molecule has 3 aromatic rings. The van der Waals surface area contributed by atoms with Crippen LogP contribution in [0.15, 0.2) is 53.4 Å². The second-order valence-corrected chi connectivity index (χ2v) is 8.45. The fourth-order valence-electron chi connectivity index (χ4n) is 2.74. The van der Waals surface area contributed by atoms with Crippen LogP contribution in [0, 0.1) is 11.3 Å². The van der Waals surface area contributed by atoms with Gasteiger partial charge in [-0.05, 0) is 24.3 Å². The van der Waals surface area contributed by atoms with E-state index in [1.54, 1.807) is 12.1 Å². The molecule has 0 fully saturated rings. The fourth-order valence-corrected chi connectivity index (χ4v) is 4.27. The molecule has 1 N–H and O–H groups in total. The molecule has 0 aliphatic carbocycles. The summed E-state index contributed by atoms with van der Waals surface area (Å²) >= 11 is 11.9. The third-order valence-electron chi connectivity index (χ3n) is 3.93. The number of nitriles is 1. The lowest BCUT2D eigenvalue weighted by molar-refractivity contribution is -0.143. The van der Waals surface area contributed by atoms with E-state index in [1.165, 1.54) is 42.5 Å². The molecule has 0 saturated heterocycles. The summed E-state index contributed by atoms with van der Waals surface area (Å²) in [5, 5.41) is 12.7. The van der Waals surface area contributed by atoms with Crippen molar-refractivity contribution < 1.29 is 21.6 Å². The van der Waals surface area contributed by atoms with E-state index in [4.69, 9.17) is 28.5 Å². The van der Waals surface area contributed by atoms with E-state index in [9.17, 15) is 21.6 Å². The maximum Gasteiger partial charge on any atom is 0.433 e. The van der Waals surface area contributed by atoms with E-state index in [0.29, 0.717) is 4.68 Å². The third-order valence-corrected chi connectivity index (χ3v) is 5.83. The maximum atomic E-state index is 13.9. The number of anilines is 1. The second-order valence-electron chi connectivity index (χ2n) is 5.93. The van der Waals surface area contributed by atoms with Gasteiger partial charge in [-0.2, -0.15) is 23.5 Å². The zero-order valence-electron chi connectivity index (χ0n) is 14.8. The number of alkyl halides is 3. The van der Waals surface area contributed by atoms with Crippen molar-refractivity contribution in [3.8, 4) is 17.2 Å². The molecular weight excluding hydrogens is 464 g/mol. The highest BCUT2D eigenvalue weighted by molar-refractivity contribution is 7.92. The van der Waals surface area contributed by atoms with Gasteiger partial charge in [0.1, 0.15) is 6.54 Å². The molecule has 0 radical (unpaired) electrons. The highest BCUT2D eigenvalue weighted by atomic mass is 35.5. The standard InChI is InChI=1S/C18H11Cl2F3N4O2S/c19-11-6-7-13(14(20)10-11)15-16(18(21,22)23)27(9-8-24)25-17(15)26-30(28,29)12-4-2-1-3-5-12/h1-7,10H,9H2,(H,25,26). The van der Waals surface area contributed by atoms with Gasteiger partial charge in [-0.25, -0.2) is 13.1 Å². The summed E-state index contributed by atoms with van der Waals surface area (Å²) in [6.45, 7) is -0.764. The Morgan fingerprint density at radius 3 is 2.37 bits per heavy atom. The fraction of sp³-hybridized carbons (Fsp3) is 0.111.